The number of hydrogen-bond donors (Lipinski definition) is 3. The maximum absolute atomic E-state index is 11.6. The van der Waals surface area contributed by atoms with Crippen molar-refractivity contribution in [2.45, 2.75) is 44.9 Å². The van der Waals surface area contributed by atoms with E-state index in [1.807, 2.05) is 0 Å². The molecule has 25 heavy (non-hydrogen) atoms. The van der Waals surface area contributed by atoms with E-state index in [0.717, 1.165) is 31.9 Å². The lowest BCUT2D eigenvalue weighted by molar-refractivity contribution is -0.122. The summed E-state index contributed by atoms with van der Waals surface area (Å²) in [7, 11) is 0. The molecular weight excluding hydrogens is 312 g/mol. The molecule has 0 heterocycles. The Morgan fingerprint density at radius 1 is 1.16 bits per heavy atom. The van der Waals surface area contributed by atoms with Crippen molar-refractivity contribution in [1.82, 2.24) is 16.0 Å². The topological polar surface area (TPSA) is 65.5 Å². The number of carbonyl (C=O) groups excluding carboxylic acids is 1. The van der Waals surface area contributed by atoms with Crippen molar-refractivity contribution in [2.75, 3.05) is 26.2 Å². The van der Waals surface area contributed by atoms with Gasteiger partial charge >= 0.3 is 0 Å². The minimum Gasteiger partial charge on any atom is -0.357 e. The van der Waals surface area contributed by atoms with Crippen LogP contribution in [0.4, 0.5) is 0 Å². The molecule has 1 amide bonds. The number of carbonyl (C=O) groups is 1. The summed E-state index contributed by atoms with van der Waals surface area (Å²) in [4.78, 5) is 16.5. The lowest BCUT2D eigenvalue weighted by Crippen LogP contribution is -2.42. The molecule has 2 aliphatic rings. The second-order valence-electron chi connectivity index (χ2n) is 7.28. The highest BCUT2D eigenvalue weighted by Crippen LogP contribution is 2.49. The summed E-state index contributed by atoms with van der Waals surface area (Å²) in [6, 6.07) is 8.65. The molecule has 0 radical (unpaired) electrons. The van der Waals surface area contributed by atoms with E-state index in [1.54, 1.807) is 0 Å². The van der Waals surface area contributed by atoms with Gasteiger partial charge in [0.25, 0.3) is 0 Å². The summed E-state index contributed by atoms with van der Waals surface area (Å²) >= 11 is 0. The number of aliphatic imine (C=N–C) groups is 1. The Labute approximate surface area is 150 Å². The van der Waals surface area contributed by atoms with Gasteiger partial charge in [0.15, 0.2) is 5.96 Å². The maximum atomic E-state index is 11.6. The van der Waals surface area contributed by atoms with E-state index in [2.05, 4.69) is 54.1 Å². The zero-order valence-electron chi connectivity index (χ0n) is 15.4. The number of amides is 1. The minimum atomic E-state index is 0.195. The second kappa shape index (κ2) is 7.89. The fraction of sp³-hybridized carbons (Fsp3) is 0.600. The Kier molecular flexibility index (Phi) is 5.61. The Balaban J connectivity index is 1.51. The Hall–Kier alpha value is -2.04. The monoisotopic (exact) mass is 342 g/mol. The second-order valence-corrected chi connectivity index (χ2v) is 7.28. The molecule has 0 saturated heterocycles. The van der Waals surface area contributed by atoms with Crippen LogP contribution in [-0.4, -0.2) is 38.0 Å². The van der Waals surface area contributed by atoms with Gasteiger partial charge in [-0.25, -0.2) is 0 Å². The number of hydrogen-bond acceptors (Lipinski definition) is 2. The van der Waals surface area contributed by atoms with Crippen molar-refractivity contribution >= 4 is 11.9 Å². The van der Waals surface area contributed by atoms with Gasteiger partial charge in [-0.15, -0.1) is 0 Å². The van der Waals surface area contributed by atoms with Crippen LogP contribution in [0.25, 0.3) is 0 Å². The van der Waals surface area contributed by atoms with Crippen molar-refractivity contribution < 1.29 is 4.79 Å². The average molecular weight is 342 g/mol. The van der Waals surface area contributed by atoms with E-state index in [4.69, 9.17) is 4.99 Å². The van der Waals surface area contributed by atoms with Gasteiger partial charge in [0.1, 0.15) is 0 Å². The van der Waals surface area contributed by atoms with Crippen molar-refractivity contribution in [3.8, 4) is 0 Å². The van der Waals surface area contributed by atoms with Gasteiger partial charge in [-0.05, 0) is 50.7 Å². The summed E-state index contributed by atoms with van der Waals surface area (Å²) in [5, 5.41) is 9.60. The molecular formula is C20H30N4O. The standard InChI is InChI=1S/C20H30N4O/c1-3-21-19(23-13-12-22-18(25)16-8-9-16)24-14-20(10-11-20)17-7-5-4-6-15(17)2/h4-7,16H,3,8-14H2,1-2H3,(H,22,25)(H2,21,23,24). The Morgan fingerprint density at radius 3 is 2.52 bits per heavy atom. The van der Waals surface area contributed by atoms with Crippen LogP contribution >= 0.6 is 0 Å². The molecule has 0 unspecified atom stereocenters. The molecule has 1 aromatic carbocycles. The zero-order chi connectivity index (χ0) is 17.7. The third-order valence-corrected chi connectivity index (χ3v) is 5.12. The smallest absolute Gasteiger partial charge is 0.223 e. The largest absolute Gasteiger partial charge is 0.357 e. The summed E-state index contributed by atoms with van der Waals surface area (Å²) in [5.74, 6) is 1.30. The summed E-state index contributed by atoms with van der Waals surface area (Å²) in [5.41, 5.74) is 3.01. The molecule has 1 aromatic rings. The highest BCUT2D eigenvalue weighted by molar-refractivity contribution is 5.81. The molecule has 0 atom stereocenters. The first-order valence-corrected chi connectivity index (χ1v) is 9.50. The quantitative estimate of drug-likeness (QED) is 0.385. The third-order valence-electron chi connectivity index (χ3n) is 5.12. The normalized spacial score (nSPS) is 18.6. The molecule has 0 aliphatic heterocycles. The first-order chi connectivity index (χ1) is 12.1. The molecule has 3 rings (SSSR count). The Morgan fingerprint density at radius 2 is 1.88 bits per heavy atom. The molecule has 2 saturated carbocycles. The summed E-state index contributed by atoms with van der Waals surface area (Å²) in [6.07, 6.45) is 4.51. The molecule has 2 fully saturated rings. The van der Waals surface area contributed by atoms with Crippen LogP contribution in [-0.2, 0) is 10.2 Å². The number of nitrogens with one attached hydrogen (secondary N) is 3. The van der Waals surface area contributed by atoms with Gasteiger partial charge < -0.3 is 16.0 Å². The first-order valence-electron chi connectivity index (χ1n) is 9.50. The predicted molar refractivity (Wildman–Crippen MR) is 102 cm³/mol. The van der Waals surface area contributed by atoms with E-state index < -0.39 is 0 Å². The molecule has 0 aromatic heterocycles. The van der Waals surface area contributed by atoms with Gasteiger partial charge in [0.05, 0.1) is 6.54 Å². The number of benzene rings is 1. The van der Waals surface area contributed by atoms with E-state index in [9.17, 15) is 4.79 Å². The molecule has 2 aliphatic carbocycles. The fourth-order valence-electron chi connectivity index (χ4n) is 3.26. The number of nitrogens with zero attached hydrogens (tertiary/aromatic N) is 1. The number of rotatable bonds is 8. The van der Waals surface area contributed by atoms with Gasteiger partial charge in [-0.2, -0.15) is 0 Å². The summed E-state index contributed by atoms with van der Waals surface area (Å²) < 4.78 is 0. The van der Waals surface area contributed by atoms with E-state index in [1.165, 1.54) is 24.0 Å². The molecule has 5 nitrogen and oxygen atoms in total. The Bertz CT molecular complexity index is 632. The highest BCUT2D eigenvalue weighted by atomic mass is 16.2. The first kappa shape index (κ1) is 17.8. The fourth-order valence-corrected chi connectivity index (χ4v) is 3.26. The van der Waals surface area contributed by atoms with E-state index in [-0.39, 0.29) is 17.2 Å². The van der Waals surface area contributed by atoms with Gasteiger partial charge in [-0.3, -0.25) is 9.79 Å². The third kappa shape index (κ3) is 4.74. The van der Waals surface area contributed by atoms with Crippen LogP contribution in [0, 0.1) is 12.8 Å². The van der Waals surface area contributed by atoms with Crippen molar-refractivity contribution in [1.29, 1.82) is 0 Å². The molecule has 136 valence electrons. The van der Waals surface area contributed by atoms with Crippen LogP contribution in [0.15, 0.2) is 29.3 Å². The van der Waals surface area contributed by atoms with E-state index in [0.29, 0.717) is 13.1 Å². The van der Waals surface area contributed by atoms with Crippen molar-refractivity contribution in [3.05, 3.63) is 35.4 Å². The van der Waals surface area contributed by atoms with Crippen LogP contribution in [0.3, 0.4) is 0 Å². The highest BCUT2D eigenvalue weighted by Gasteiger charge is 2.44. The molecule has 5 heteroatoms. The minimum absolute atomic E-state index is 0.195. The molecule has 3 N–H and O–H groups in total. The number of guanidine groups is 1. The van der Waals surface area contributed by atoms with Crippen molar-refractivity contribution in [2.24, 2.45) is 10.9 Å². The lowest BCUT2D eigenvalue weighted by atomic mass is 9.92. The van der Waals surface area contributed by atoms with Crippen LogP contribution in [0.5, 0.6) is 0 Å². The van der Waals surface area contributed by atoms with Gasteiger partial charge in [0.2, 0.25) is 5.91 Å². The zero-order valence-corrected chi connectivity index (χ0v) is 15.4. The van der Waals surface area contributed by atoms with Crippen LogP contribution in [0.1, 0.15) is 43.7 Å². The maximum Gasteiger partial charge on any atom is 0.223 e. The lowest BCUT2D eigenvalue weighted by Gasteiger charge is -2.18. The average Bonchev–Trinajstić information content (AvgIpc) is 3.51. The van der Waals surface area contributed by atoms with Crippen LogP contribution < -0.4 is 16.0 Å². The SMILES string of the molecule is CCNC(=NCC1(c2ccccc2C)CC1)NCCNC(=O)C1CC1. The predicted octanol–water partition coefficient (Wildman–Crippen LogP) is 2.11. The molecule has 0 bridgehead atoms. The van der Waals surface area contributed by atoms with E-state index >= 15 is 0 Å². The molecule has 0 spiro atoms. The van der Waals surface area contributed by atoms with Gasteiger partial charge in [-0.1, -0.05) is 24.3 Å². The van der Waals surface area contributed by atoms with Crippen LogP contribution in [0.2, 0.25) is 0 Å². The summed E-state index contributed by atoms with van der Waals surface area (Å²) in [6.45, 7) is 7.23. The van der Waals surface area contributed by atoms with Crippen molar-refractivity contribution in [3.63, 3.8) is 0 Å². The van der Waals surface area contributed by atoms with Gasteiger partial charge in [0, 0.05) is 31.0 Å². The number of aryl methyl sites for hydroxylation is 1.